The van der Waals surface area contributed by atoms with Crippen LogP contribution in [0.5, 0.6) is 5.75 Å². The number of amides is 1. The monoisotopic (exact) mass is 397 g/mol. The number of hydrogen-bond donors (Lipinski definition) is 1. The van der Waals surface area contributed by atoms with Gasteiger partial charge >= 0.3 is 5.69 Å². The van der Waals surface area contributed by atoms with Gasteiger partial charge in [0.05, 0.1) is 18.4 Å². The highest BCUT2D eigenvalue weighted by Crippen LogP contribution is 2.39. The third-order valence-electron chi connectivity index (χ3n) is 5.84. The summed E-state index contributed by atoms with van der Waals surface area (Å²) in [6.45, 7) is 1.00. The molecule has 1 saturated heterocycles. The fourth-order valence-corrected chi connectivity index (χ4v) is 4.16. The van der Waals surface area contributed by atoms with E-state index >= 15 is 0 Å². The van der Waals surface area contributed by atoms with Crippen LogP contribution >= 0.6 is 0 Å². The van der Waals surface area contributed by atoms with Crippen LogP contribution in [0.2, 0.25) is 0 Å². The minimum atomic E-state index is -0.589. The summed E-state index contributed by atoms with van der Waals surface area (Å²) < 4.78 is 7.21. The van der Waals surface area contributed by atoms with Gasteiger partial charge in [-0.25, -0.2) is 4.79 Å². The molecule has 0 aliphatic carbocycles. The fourth-order valence-electron chi connectivity index (χ4n) is 4.16. The predicted octanol–water partition coefficient (Wildman–Crippen LogP) is 1.03. The lowest BCUT2D eigenvalue weighted by molar-refractivity contribution is -0.130. The molecule has 2 aliphatic rings. The Balaban J connectivity index is 1.48. The van der Waals surface area contributed by atoms with Crippen molar-refractivity contribution in [3.63, 3.8) is 0 Å². The number of aromatic amines is 1. The van der Waals surface area contributed by atoms with Crippen molar-refractivity contribution >= 4 is 11.7 Å². The molecule has 1 aromatic heterocycles. The zero-order valence-corrected chi connectivity index (χ0v) is 16.3. The number of nitrogens with one attached hydrogen (secondary N) is 1. The Kier molecular flexibility index (Phi) is 4.86. The first-order valence-electron chi connectivity index (χ1n) is 9.75. The molecule has 1 spiro atoms. The molecule has 2 aromatic rings. The predicted molar refractivity (Wildman–Crippen MR) is 105 cm³/mol. The number of ketones is 1. The molecule has 152 valence electrons. The number of aromatic nitrogens is 2. The number of ether oxygens (including phenoxy) is 1. The largest absolute Gasteiger partial charge is 0.486 e. The molecule has 4 rings (SSSR count). The van der Waals surface area contributed by atoms with Crippen molar-refractivity contribution in [3.8, 4) is 5.75 Å². The van der Waals surface area contributed by atoms with Gasteiger partial charge in [-0.05, 0) is 25.0 Å². The lowest BCUT2D eigenvalue weighted by Crippen LogP contribution is -2.43. The van der Waals surface area contributed by atoms with Crippen molar-refractivity contribution in [2.45, 2.75) is 37.7 Å². The molecule has 1 unspecified atom stereocenters. The summed E-state index contributed by atoms with van der Waals surface area (Å²) in [7, 11) is 1.38. The van der Waals surface area contributed by atoms with Crippen molar-refractivity contribution in [1.29, 1.82) is 0 Å². The highest BCUT2D eigenvalue weighted by molar-refractivity contribution is 6.00. The van der Waals surface area contributed by atoms with Gasteiger partial charge in [0.25, 0.3) is 5.56 Å². The third-order valence-corrected chi connectivity index (χ3v) is 5.84. The van der Waals surface area contributed by atoms with Gasteiger partial charge in [-0.1, -0.05) is 12.1 Å². The van der Waals surface area contributed by atoms with Crippen LogP contribution in [0.15, 0.2) is 40.1 Å². The zero-order valence-electron chi connectivity index (χ0n) is 16.3. The summed E-state index contributed by atoms with van der Waals surface area (Å²) in [5.74, 6) is 0.511. The van der Waals surface area contributed by atoms with Crippen LogP contribution in [0.25, 0.3) is 0 Å². The highest BCUT2D eigenvalue weighted by Gasteiger charge is 2.41. The number of benzene rings is 1. The quantitative estimate of drug-likeness (QED) is 0.816. The van der Waals surface area contributed by atoms with Gasteiger partial charge in [-0.2, -0.15) is 0 Å². The molecule has 0 saturated carbocycles. The van der Waals surface area contributed by atoms with Gasteiger partial charge < -0.3 is 14.6 Å². The Hall–Kier alpha value is -3.16. The molecular weight excluding hydrogens is 374 g/mol. The molecule has 2 aliphatic heterocycles. The number of hydrogen-bond acceptors (Lipinski definition) is 5. The number of rotatable bonds is 2. The van der Waals surface area contributed by atoms with E-state index in [1.807, 2.05) is 18.2 Å². The standard InChI is InChI=1S/C21H23N3O5/c1-23-19(27)14(13-22-20(23)28)11-18(26)24-9-4-7-21(8-10-24)12-16(25)15-5-2-3-6-17(15)29-21/h2-3,5-6,13H,4,7-12H2,1H3,(H,22,28). The number of carbonyl (C=O) groups excluding carboxylic acids is 2. The maximum absolute atomic E-state index is 12.8. The van der Waals surface area contributed by atoms with E-state index in [2.05, 4.69) is 4.98 Å². The molecule has 3 heterocycles. The molecular formula is C21H23N3O5. The second kappa shape index (κ2) is 7.35. The van der Waals surface area contributed by atoms with E-state index in [0.717, 1.165) is 4.57 Å². The Bertz CT molecular complexity index is 1090. The van der Waals surface area contributed by atoms with E-state index in [-0.39, 0.29) is 23.7 Å². The van der Waals surface area contributed by atoms with Crippen molar-refractivity contribution < 1.29 is 14.3 Å². The molecule has 0 bridgehead atoms. The van der Waals surface area contributed by atoms with Crippen LogP contribution in [0.1, 0.15) is 41.6 Å². The minimum Gasteiger partial charge on any atom is -0.486 e. The Morgan fingerprint density at radius 1 is 1.17 bits per heavy atom. The van der Waals surface area contributed by atoms with Crippen LogP contribution < -0.4 is 16.0 Å². The average Bonchev–Trinajstić information content (AvgIpc) is 2.91. The van der Waals surface area contributed by atoms with Gasteiger partial charge in [0.15, 0.2) is 5.78 Å². The highest BCUT2D eigenvalue weighted by atomic mass is 16.5. The number of carbonyl (C=O) groups is 2. The van der Waals surface area contributed by atoms with Gasteiger partial charge in [0.2, 0.25) is 5.91 Å². The van der Waals surface area contributed by atoms with Crippen LogP contribution in [-0.4, -0.2) is 44.8 Å². The van der Waals surface area contributed by atoms with Gasteiger partial charge in [-0.3, -0.25) is 19.0 Å². The average molecular weight is 397 g/mol. The van der Waals surface area contributed by atoms with E-state index in [1.165, 1.54) is 13.2 Å². The summed E-state index contributed by atoms with van der Waals surface area (Å²) in [6, 6.07) is 7.27. The molecule has 1 fully saturated rings. The third kappa shape index (κ3) is 3.62. The number of Topliss-reactive ketones (excluding diaryl/α,β-unsaturated/α-hetero) is 1. The molecule has 1 atom stereocenters. The number of H-pyrrole nitrogens is 1. The SMILES string of the molecule is Cn1c(=O)[nH]cc(CC(=O)N2CCCC3(CC2)CC(=O)c2ccccc2O3)c1=O. The van der Waals surface area contributed by atoms with E-state index in [4.69, 9.17) is 4.74 Å². The lowest BCUT2D eigenvalue weighted by atomic mass is 9.84. The first-order chi connectivity index (χ1) is 13.9. The first kappa shape index (κ1) is 19.2. The first-order valence-corrected chi connectivity index (χ1v) is 9.75. The molecule has 1 N–H and O–H groups in total. The van der Waals surface area contributed by atoms with E-state index in [1.54, 1.807) is 11.0 Å². The normalized spacial score (nSPS) is 21.4. The molecule has 0 radical (unpaired) electrons. The Labute approximate surface area is 167 Å². The maximum Gasteiger partial charge on any atom is 0.328 e. The zero-order chi connectivity index (χ0) is 20.6. The Morgan fingerprint density at radius 3 is 2.79 bits per heavy atom. The van der Waals surface area contributed by atoms with Crippen LogP contribution in [-0.2, 0) is 18.3 Å². The second-order valence-electron chi connectivity index (χ2n) is 7.78. The maximum atomic E-state index is 12.8. The number of nitrogens with zero attached hydrogens (tertiary/aromatic N) is 2. The minimum absolute atomic E-state index is 0.0704. The van der Waals surface area contributed by atoms with Crippen LogP contribution in [0, 0.1) is 0 Å². The van der Waals surface area contributed by atoms with Crippen molar-refractivity contribution in [3.05, 3.63) is 62.4 Å². The summed E-state index contributed by atoms with van der Waals surface area (Å²) in [5.41, 5.74) is -0.694. The topological polar surface area (TPSA) is 101 Å². The number of likely N-dealkylation sites (tertiary alicyclic amines) is 1. The van der Waals surface area contributed by atoms with Gasteiger partial charge in [-0.15, -0.1) is 0 Å². The molecule has 8 heteroatoms. The number of fused-ring (bicyclic) bond motifs is 1. The number of para-hydroxylation sites is 1. The lowest BCUT2D eigenvalue weighted by Gasteiger charge is -2.37. The van der Waals surface area contributed by atoms with Crippen molar-refractivity contribution in [2.24, 2.45) is 7.05 Å². The van der Waals surface area contributed by atoms with Crippen LogP contribution in [0.4, 0.5) is 0 Å². The van der Waals surface area contributed by atoms with Crippen molar-refractivity contribution in [1.82, 2.24) is 14.5 Å². The smallest absolute Gasteiger partial charge is 0.328 e. The van der Waals surface area contributed by atoms with E-state index < -0.39 is 16.9 Å². The molecule has 29 heavy (non-hydrogen) atoms. The summed E-state index contributed by atoms with van der Waals surface area (Å²) >= 11 is 0. The Morgan fingerprint density at radius 2 is 1.97 bits per heavy atom. The van der Waals surface area contributed by atoms with Crippen LogP contribution in [0.3, 0.4) is 0 Å². The molecule has 1 amide bonds. The second-order valence-corrected chi connectivity index (χ2v) is 7.78. The van der Waals surface area contributed by atoms with Crippen molar-refractivity contribution in [2.75, 3.05) is 13.1 Å². The summed E-state index contributed by atoms with van der Waals surface area (Å²) in [4.78, 5) is 53.2. The summed E-state index contributed by atoms with van der Waals surface area (Å²) in [6.07, 6.45) is 3.51. The van der Waals surface area contributed by atoms with E-state index in [0.29, 0.717) is 50.1 Å². The van der Waals surface area contributed by atoms with E-state index in [9.17, 15) is 19.2 Å². The fraction of sp³-hybridized carbons (Fsp3) is 0.429. The van der Waals surface area contributed by atoms with Gasteiger partial charge in [0, 0.05) is 38.3 Å². The molecule has 1 aromatic carbocycles. The molecule has 8 nitrogen and oxygen atoms in total. The van der Waals surface area contributed by atoms with Gasteiger partial charge in [0.1, 0.15) is 11.4 Å². The summed E-state index contributed by atoms with van der Waals surface area (Å²) in [5, 5.41) is 0.